The minimum atomic E-state index is -0.836. The Hall–Kier alpha value is -2.77. The van der Waals surface area contributed by atoms with E-state index < -0.39 is 18.0 Å². The Balaban J connectivity index is 1.97. The predicted octanol–water partition coefficient (Wildman–Crippen LogP) is 3.84. The summed E-state index contributed by atoms with van der Waals surface area (Å²) in [5.41, 5.74) is 3.00. The van der Waals surface area contributed by atoms with Gasteiger partial charge in [-0.2, -0.15) is 5.10 Å². The highest BCUT2D eigenvalue weighted by Gasteiger charge is 2.15. The van der Waals surface area contributed by atoms with Crippen molar-refractivity contribution in [1.29, 1.82) is 0 Å². The van der Waals surface area contributed by atoms with Crippen LogP contribution in [0.25, 0.3) is 0 Å². The van der Waals surface area contributed by atoms with Gasteiger partial charge in [-0.15, -0.1) is 0 Å². The summed E-state index contributed by atoms with van der Waals surface area (Å²) in [6.45, 7) is 2.86. The number of hydrazone groups is 1. The molecule has 0 radical (unpaired) electrons. The maximum atomic E-state index is 12.1. The molecule has 1 atom stereocenters. The topological polar surface area (TPSA) is 86.2 Å². The number of ether oxygens (including phenoxy) is 3. The van der Waals surface area contributed by atoms with Gasteiger partial charge in [0.15, 0.2) is 17.6 Å². The number of carbonyl (C=O) groups is 2. The fraction of sp³-hybridized carbons (Fsp3) is 0.211. The van der Waals surface area contributed by atoms with Crippen LogP contribution in [0.2, 0.25) is 10.0 Å². The Morgan fingerprint density at radius 3 is 2.46 bits per heavy atom. The molecule has 1 amide bonds. The van der Waals surface area contributed by atoms with Gasteiger partial charge < -0.3 is 14.2 Å². The second-order valence-electron chi connectivity index (χ2n) is 5.57. The van der Waals surface area contributed by atoms with Crippen LogP contribution in [0.4, 0.5) is 0 Å². The number of hydrogen-bond acceptors (Lipinski definition) is 6. The van der Waals surface area contributed by atoms with Crippen LogP contribution < -0.4 is 19.6 Å². The van der Waals surface area contributed by atoms with Gasteiger partial charge in [-0.05, 0) is 48.9 Å². The lowest BCUT2D eigenvalue weighted by Crippen LogP contribution is -2.33. The van der Waals surface area contributed by atoms with Crippen LogP contribution in [0.3, 0.4) is 0 Å². The van der Waals surface area contributed by atoms with Crippen LogP contribution in [0, 0.1) is 0 Å². The van der Waals surface area contributed by atoms with E-state index in [1.807, 2.05) is 0 Å². The highest BCUT2D eigenvalue weighted by molar-refractivity contribution is 6.35. The van der Waals surface area contributed by atoms with Gasteiger partial charge in [0, 0.05) is 11.9 Å². The largest absolute Gasteiger partial charge is 0.493 e. The molecule has 0 aliphatic heterocycles. The maximum absolute atomic E-state index is 12.1. The summed E-state index contributed by atoms with van der Waals surface area (Å²) >= 11 is 11.8. The first-order chi connectivity index (χ1) is 13.3. The van der Waals surface area contributed by atoms with Gasteiger partial charge in [0.2, 0.25) is 0 Å². The summed E-state index contributed by atoms with van der Waals surface area (Å²) in [4.78, 5) is 23.2. The van der Waals surface area contributed by atoms with Gasteiger partial charge in [-0.3, -0.25) is 9.59 Å². The fourth-order valence-electron chi connectivity index (χ4n) is 2.08. The van der Waals surface area contributed by atoms with E-state index in [0.717, 1.165) is 0 Å². The lowest BCUT2D eigenvalue weighted by Gasteiger charge is -2.14. The van der Waals surface area contributed by atoms with Crippen molar-refractivity contribution >= 4 is 41.3 Å². The molecule has 0 unspecified atom stereocenters. The summed E-state index contributed by atoms with van der Waals surface area (Å²) in [5.74, 6) is 0.0635. The van der Waals surface area contributed by atoms with E-state index in [-0.39, 0.29) is 5.75 Å². The Labute approximate surface area is 172 Å². The standard InChI is InChI=1S/C19H18Cl2N2O5/c1-11(27-16-7-5-14(20)9-15(16)21)19(25)23-22-10-13-4-6-17(28-12(2)24)18(8-13)26-3/h4-11H,1-3H3,(H,23,25)/b22-10-/t11-/m1/s1. The van der Waals surface area contributed by atoms with Crippen molar-refractivity contribution in [2.75, 3.05) is 7.11 Å². The number of amides is 1. The van der Waals surface area contributed by atoms with E-state index in [1.54, 1.807) is 37.3 Å². The van der Waals surface area contributed by atoms with Crippen molar-refractivity contribution in [2.24, 2.45) is 5.10 Å². The highest BCUT2D eigenvalue weighted by Crippen LogP contribution is 2.29. The van der Waals surface area contributed by atoms with E-state index >= 15 is 0 Å². The first kappa shape index (κ1) is 21.5. The van der Waals surface area contributed by atoms with Crippen molar-refractivity contribution < 1.29 is 23.8 Å². The number of hydrogen-bond donors (Lipinski definition) is 1. The zero-order chi connectivity index (χ0) is 20.7. The number of carbonyl (C=O) groups excluding carboxylic acids is 2. The molecule has 2 aromatic rings. The average molecular weight is 425 g/mol. The molecule has 2 rings (SSSR count). The molecule has 0 spiro atoms. The highest BCUT2D eigenvalue weighted by atomic mass is 35.5. The number of nitrogens with one attached hydrogen (secondary N) is 1. The molecule has 7 nitrogen and oxygen atoms in total. The number of benzene rings is 2. The Morgan fingerprint density at radius 1 is 1.11 bits per heavy atom. The SMILES string of the molecule is COc1cc(/C=N\NC(=O)[C@@H](C)Oc2ccc(Cl)cc2Cl)ccc1OC(C)=O. The second-order valence-corrected chi connectivity index (χ2v) is 6.42. The van der Waals surface area contributed by atoms with E-state index in [4.69, 9.17) is 37.4 Å². The Bertz CT molecular complexity index is 902. The number of halogens is 2. The van der Waals surface area contributed by atoms with Crippen molar-refractivity contribution in [2.45, 2.75) is 20.0 Å². The summed E-state index contributed by atoms with van der Waals surface area (Å²) in [6, 6.07) is 9.55. The van der Waals surface area contributed by atoms with Gasteiger partial charge in [0.05, 0.1) is 18.3 Å². The number of esters is 1. The third kappa shape index (κ3) is 6.14. The molecular weight excluding hydrogens is 407 g/mol. The van der Waals surface area contributed by atoms with Crippen LogP contribution in [-0.4, -0.2) is 31.3 Å². The van der Waals surface area contributed by atoms with Crippen molar-refractivity contribution in [1.82, 2.24) is 5.43 Å². The van der Waals surface area contributed by atoms with E-state index in [0.29, 0.717) is 27.1 Å². The zero-order valence-corrected chi connectivity index (χ0v) is 16.9. The molecule has 0 fully saturated rings. The summed E-state index contributed by atoms with van der Waals surface area (Å²) < 4.78 is 15.7. The number of nitrogens with zero attached hydrogens (tertiary/aromatic N) is 1. The molecule has 148 valence electrons. The third-order valence-electron chi connectivity index (χ3n) is 3.40. The lowest BCUT2D eigenvalue weighted by atomic mass is 10.2. The third-order valence-corrected chi connectivity index (χ3v) is 3.93. The van der Waals surface area contributed by atoms with Gasteiger partial charge in [-0.25, -0.2) is 5.43 Å². The van der Waals surface area contributed by atoms with E-state index in [2.05, 4.69) is 10.5 Å². The molecule has 0 aliphatic rings. The molecule has 0 saturated heterocycles. The molecule has 0 aliphatic carbocycles. The molecule has 0 heterocycles. The molecule has 0 saturated carbocycles. The first-order valence-corrected chi connectivity index (χ1v) is 8.87. The van der Waals surface area contributed by atoms with E-state index in [9.17, 15) is 9.59 Å². The van der Waals surface area contributed by atoms with Crippen LogP contribution in [-0.2, 0) is 9.59 Å². The maximum Gasteiger partial charge on any atom is 0.308 e. The Morgan fingerprint density at radius 2 is 1.82 bits per heavy atom. The smallest absolute Gasteiger partial charge is 0.308 e. The van der Waals surface area contributed by atoms with Crippen molar-refractivity contribution in [3.63, 3.8) is 0 Å². The van der Waals surface area contributed by atoms with Crippen molar-refractivity contribution in [3.05, 3.63) is 52.0 Å². The number of methoxy groups -OCH3 is 1. The van der Waals surface area contributed by atoms with Gasteiger partial charge in [0.1, 0.15) is 5.75 Å². The first-order valence-electron chi connectivity index (χ1n) is 8.11. The van der Waals surface area contributed by atoms with Crippen molar-refractivity contribution in [3.8, 4) is 17.2 Å². The Kier molecular flexibility index (Phi) is 7.66. The number of rotatable bonds is 7. The lowest BCUT2D eigenvalue weighted by molar-refractivity contribution is -0.132. The molecule has 28 heavy (non-hydrogen) atoms. The van der Waals surface area contributed by atoms with Gasteiger partial charge >= 0.3 is 5.97 Å². The predicted molar refractivity (Wildman–Crippen MR) is 107 cm³/mol. The zero-order valence-electron chi connectivity index (χ0n) is 15.4. The van der Waals surface area contributed by atoms with Crippen LogP contribution in [0.15, 0.2) is 41.5 Å². The molecule has 0 aromatic heterocycles. The normalized spacial score (nSPS) is 11.8. The summed E-state index contributed by atoms with van der Waals surface area (Å²) in [6.07, 6.45) is 0.580. The van der Waals surface area contributed by atoms with Crippen LogP contribution in [0.5, 0.6) is 17.2 Å². The summed E-state index contributed by atoms with van der Waals surface area (Å²) in [5, 5.41) is 4.65. The molecule has 2 aromatic carbocycles. The molecule has 0 bridgehead atoms. The fourth-order valence-corrected chi connectivity index (χ4v) is 2.53. The molecule has 9 heteroatoms. The van der Waals surface area contributed by atoms with E-state index in [1.165, 1.54) is 26.3 Å². The van der Waals surface area contributed by atoms with Gasteiger partial charge in [-0.1, -0.05) is 23.2 Å². The quantitative estimate of drug-likeness (QED) is 0.315. The minimum absolute atomic E-state index is 0.290. The minimum Gasteiger partial charge on any atom is -0.493 e. The van der Waals surface area contributed by atoms with Crippen LogP contribution >= 0.6 is 23.2 Å². The van der Waals surface area contributed by atoms with Crippen LogP contribution in [0.1, 0.15) is 19.4 Å². The molecule has 1 N–H and O–H groups in total. The summed E-state index contributed by atoms with van der Waals surface area (Å²) in [7, 11) is 1.45. The van der Waals surface area contributed by atoms with Gasteiger partial charge in [0.25, 0.3) is 5.91 Å². The molecular formula is C19H18Cl2N2O5. The monoisotopic (exact) mass is 424 g/mol. The second kappa shape index (κ2) is 9.96. The average Bonchev–Trinajstić information content (AvgIpc) is 2.64.